The monoisotopic (exact) mass is 415 g/mol. The van der Waals surface area contributed by atoms with Crippen molar-refractivity contribution in [3.05, 3.63) is 38.4 Å². The molecule has 0 saturated carbocycles. The first-order valence-electron chi connectivity index (χ1n) is 6.53. The molecule has 0 spiro atoms. The van der Waals surface area contributed by atoms with E-state index in [1.165, 1.54) is 11.8 Å². The first kappa shape index (κ1) is 16.1. The molecule has 2 aromatic rings. The highest BCUT2D eigenvalue weighted by atomic mass is 79.9. The van der Waals surface area contributed by atoms with Gasteiger partial charge in [-0.25, -0.2) is 0 Å². The van der Waals surface area contributed by atoms with Crippen LogP contribution < -0.4 is 0 Å². The second-order valence-corrected chi connectivity index (χ2v) is 8.04. The maximum Gasteiger partial charge on any atom is 0.266 e. The van der Waals surface area contributed by atoms with Crippen molar-refractivity contribution in [2.75, 3.05) is 0 Å². The Balaban J connectivity index is 2.04. The molecule has 1 aromatic carbocycles. The number of halogens is 2. The Morgan fingerprint density at radius 1 is 1.45 bits per heavy atom. The summed E-state index contributed by atoms with van der Waals surface area (Å²) >= 11 is 16.3. The van der Waals surface area contributed by atoms with Crippen LogP contribution in [0.4, 0.5) is 0 Å². The van der Waals surface area contributed by atoms with E-state index in [1.54, 1.807) is 11.0 Å². The molecule has 1 amide bonds. The summed E-state index contributed by atoms with van der Waals surface area (Å²) in [7, 11) is 0. The van der Waals surface area contributed by atoms with E-state index in [2.05, 4.69) is 15.9 Å². The van der Waals surface area contributed by atoms with E-state index in [0.717, 1.165) is 9.86 Å². The molecule has 1 aliphatic heterocycles. The fourth-order valence-corrected chi connectivity index (χ4v) is 4.29. The quantitative estimate of drug-likeness (QED) is 0.481. The Labute approximate surface area is 150 Å². The van der Waals surface area contributed by atoms with Crippen molar-refractivity contribution in [2.45, 2.75) is 19.9 Å². The molecular formula is C15H11BrClNO2S2. The van der Waals surface area contributed by atoms with E-state index >= 15 is 0 Å². The summed E-state index contributed by atoms with van der Waals surface area (Å²) in [6, 6.07) is 5.63. The molecule has 0 atom stereocenters. The van der Waals surface area contributed by atoms with Crippen LogP contribution in [0.2, 0.25) is 5.02 Å². The maximum atomic E-state index is 12.4. The number of carbonyl (C=O) groups is 1. The highest BCUT2D eigenvalue weighted by molar-refractivity contribution is 9.10. The van der Waals surface area contributed by atoms with Gasteiger partial charge in [-0.05, 0) is 32.0 Å². The molecule has 3 rings (SSSR count). The van der Waals surface area contributed by atoms with Gasteiger partial charge in [0.15, 0.2) is 0 Å². The zero-order valence-corrected chi connectivity index (χ0v) is 15.7. The van der Waals surface area contributed by atoms with Crippen LogP contribution in [0.25, 0.3) is 17.0 Å². The molecule has 0 bridgehead atoms. The Bertz CT molecular complexity index is 828. The zero-order chi connectivity index (χ0) is 16.0. The van der Waals surface area contributed by atoms with Gasteiger partial charge in [0.1, 0.15) is 15.7 Å². The topological polar surface area (TPSA) is 33.5 Å². The molecule has 22 heavy (non-hydrogen) atoms. The zero-order valence-electron chi connectivity index (χ0n) is 11.7. The van der Waals surface area contributed by atoms with Crippen LogP contribution in [0.5, 0.6) is 0 Å². The lowest BCUT2D eigenvalue weighted by atomic mass is 10.2. The normalized spacial score (nSPS) is 17.5. The first-order valence-corrected chi connectivity index (χ1v) is 8.92. The minimum atomic E-state index is -0.109. The van der Waals surface area contributed by atoms with Crippen LogP contribution in [0, 0.1) is 0 Å². The summed E-state index contributed by atoms with van der Waals surface area (Å²) in [5.74, 6) is 0.363. The van der Waals surface area contributed by atoms with Crippen LogP contribution in [0.15, 0.2) is 32.0 Å². The van der Waals surface area contributed by atoms with Crippen molar-refractivity contribution in [3.8, 4) is 0 Å². The second-order valence-electron chi connectivity index (χ2n) is 5.07. The van der Waals surface area contributed by atoms with Gasteiger partial charge in [0, 0.05) is 22.0 Å². The molecular weight excluding hydrogens is 406 g/mol. The lowest BCUT2D eigenvalue weighted by Gasteiger charge is -2.18. The van der Waals surface area contributed by atoms with E-state index in [1.807, 2.05) is 32.0 Å². The van der Waals surface area contributed by atoms with E-state index in [9.17, 15) is 4.79 Å². The fraction of sp³-hybridized carbons (Fsp3) is 0.200. The maximum absolute atomic E-state index is 12.4. The van der Waals surface area contributed by atoms with Gasteiger partial charge in [-0.3, -0.25) is 9.69 Å². The standard InChI is InChI=1S/C15H11BrClNO2S2/c1-7(2)18-14(19)12(22-15(18)21)6-11-13(17)9-5-8(16)3-4-10(9)20-11/h3-7H,1-2H3. The second kappa shape index (κ2) is 6.00. The Morgan fingerprint density at radius 2 is 2.18 bits per heavy atom. The SMILES string of the molecule is CC(C)N1C(=O)C(=Cc2oc3ccc(Br)cc3c2Cl)SC1=S. The van der Waals surface area contributed by atoms with Crippen molar-refractivity contribution in [1.29, 1.82) is 0 Å². The van der Waals surface area contributed by atoms with Gasteiger partial charge in [-0.1, -0.05) is 51.5 Å². The summed E-state index contributed by atoms with van der Waals surface area (Å²) in [4.78, 5) is 14.5. The number of thiocarbonyl (C=S) groups is 1. The third kappa shape index (κ3) is 2.73. The molecule has 1 saturated heterocycles. The largest absolute Gasteiger partial charge is 0.455 e. The molecule has 0 N–H and O–H groups in total. The summed E-state index contributed by atoms with van der Waals surface area (Å²) in [6.07, 6.45) is 1.66. The van der Waals surface area contributed by atoms with Gasteiger partial charge in [0.05, 0.1) is 9.93 Å². The molecule has 7 heteroatoms. The number of fused-ring (bicyclic) bond motifs is 1. The molecule has 3 nitrogen and oxygen atoms in total. The predicted molar refractivity (Wildman–Crippen MR) is 99.1 cm³/mol. The Kier molecular flexibility index (Phi) is 4.38. The lowest BCUT2D eigenvalue weighted by molar-refractivity contribution is -0.123. The molecule has 1 aromatic heterocycles. The van der Waals surface area contributed by atoms with Gasteiger partial charge in [0.2, 0.25) is 0 Å². The molecule has 2 heterocycles. The third-order valence-corrected chi connectivity index (χ3v) is 5.43. The number of carbonyl (C=O) groups excluding carboxylic acids is 1. The van der Waals surface area contributed by atoms with Crippen LogP contribution in [0.3, 0.4) is 0 Å². The van der Waals surface area contributed by atoms with Gasteiger partial charge in [-0.15, -0.1) is 0 Å². The molecule has 0 unspecified atom stereocenters. The van der Waals surface area contributed by atoms with Gasteiger partial charge in [0.25, 0.3) is 5.91 Å². The van der Waals surface area contributed by atoms with Crippen LogP contribution >= 0.6 is 51.5 Å². The van der Waals surface area contributed by atoms with Crippen molar-refractivity contribution in [2.24, 2.45) is 0 Å². The highest BCUT2D eigenvalue weighted by Crippen LogP contribution is 2.38. The number of hydrogen-bond acceptors (Lipinski definition) is 4. The minimum absolute atomic E-state index is 0.0282. The van der Waals surface area contributed by atoms with Crippen molar-refractivity contribution < 1.29 is 9.21 Å². The summed E-state index contributed by atoms with van der Waals surface area (Å²) < 4.78 is 7.21. The third-order valence-electron chi connectivity index (χ3n) is 3.22. The number of nitrogens with zero attached hydrogens (tertiary/aromatic N) is 1. The van der Waals surface area contributed by atoms with Crippen molar-refractivity contribution >= 4 is 78.8 Å². The van der Waals surface area contributed by atoms with Crippen LogP contribution in [0.1, 0.15) is 19.6 Å². The summed E-state index contributed by atoms with van der Waals surface area (Å²) in [5.41, 5.74) is 0.679. The molecule has 114 valence electrons. The Hall–Kier alpha value is -0.820. The highest BCUT2D eigenvalue weighted by Gasteiger charge is 2.34. The predicted octanol–water partition coefficient (Wildman–Crippen LogP) is 5.46. The average molecular weight is 417 g/mol. The van der Waals surface area contributed by atoms with Crippen molar-refractivity contribution in [3.63, 3.8) is 0 Å². The lowest BCUT2D eigenvalue weighted by Crippen LogP contribution is -2.34. The number of hydrogen-bond donors (Lipinski definition) is 0. The van der Waals surface area contributed by atoms with Gasteiger partial charge < -0.3 is 4.42 Å². The number of thioether (sulfide) groups is 1. The average Bonchev–Trinajstić information content (AvgIpc) is 2.89. The minimum Gasteiger partial charge on any atom is -0.455 e. The van der Waals surface area contributed by atoms with E-state index in [4.69, 9.17) is 28.2 Å². The van der Waals surface area contributed by atoms with Crippen molar-refractivity contribution in [1.82, 2.24) is 4.90 Å². The smallest absolute Gasteiger partial charge is 0.266 e. The first-order chi connectivity index (χ1) is 10.4. The van der Waals surface area contributed by atoms with E-state index in [-0.39, 0.29) is 11.9 Å². The number of amides is 1. The molecule has 1 aliphatic rings. The van der Waals surface area contributed by atoms with E-state index < -0.39 is 0 Å². The number of benzene rings is 1. The van der Waals surface area contributed by atoms with Gasteiger partial charge in [-0.2, -0.15) is 0 Å². The fourth-order valence-electron chi connectivity index (χ4n) is 2.20. The number of rotatable bonds is 2. The molecule has 1 fully saturated rings. The molecule has 0 radical (unpaired) electrons. The van der Waals surface area contributed by atoms with Crippen LogP contribution in [-0.4, -0.2) is 21.2 Å². The number of furan rings is 1. The van der Waals surface area contributed by atoms with Gasteiger partial charge >= 0.3 is 0 Å². The molecule has 0 aliphatic carbocycles. The van der Waals surface area contributed by atoms with E-state index in [0.29, 0.717) is 25.6 Å². The Morgan fingerprint density at radius 3 is 2.82 bits per heavy atom. The van der Waals surface area contributed by atoms with Crippen LogP contribution in [-0.2, 0) is 4.79 Å². The summed E-state index contributed by atoms with van der Waals surface area (Å²) in [6.45, 7) is 3.86. The summed E-state index contributed by atoms with van der Waals surface area (Å²) in [5, 5.41) is 1.30.